The van der Waals surface area contributed by atoms with Crippen LogP contribution >= 0.6 is 0 Å². The monoisotopic (exact) mass is 166 g/mol. The van der Waals surface area contributed by atoms with Crippen LogP contribution in [0.3, 0.4) is 0 Å². The number of alkyl halides is 3. The first kappa shape index (κ1) is 7.90. The lowest BCUT2D eigenvalue weighted by atomic mass is 10.4. The van der Waals surface area contributed by atoms with Gasteiger partial charge in [-0.15, -0.1) is 0 Å². The number of aromatic nitrogens is 2. The summed E-state index contributed by atoms with van der Waals surface area (Å²) in [6.45, 7) is 0. The molecule has 1 heterocycles. The van der Waals surface area contributed by atoms with Crippen LogP contribution in [0.1, 0.15) is 5.69 Å². The van der Waals surface area contributed by atoms with E-state index in [0.29, 0.717) is 12.5 Å². The summed E-state index contributed by atoms with van der Waals surface area (Å²) in [7, 11) is 0. The molecule has 0 saturated carbocycles. The average molecular weight is 166 g/mol. The molecule has 0 fully saturated rings. The lowest BCUT2D eigenvalue weighted by molar-refractivity contribution is -0.143. The Kier molecular flexibility index (Phi) is 1.76. The van der Waals surface area contributed by atoms with Gasteiger partial charge in [0.25, 0.3) is 0 Å². The minimum Gasteiger partial charge on any atom is -0.242 e. The van der Waals surface area contributed by atoms with Crippen LogP contribution in [0.25, 0.3) is 0 Å². The van der Waals surface area contributed by atoms with Crippen molar-refractivity contribution in [2.45, 2.75) is 6.18 Å². The SMILES string of the molecule is Fc1cncnc1C(F)(F)F. The number of nitrogens with zero attached hydrogens (tertiary/aromatic N) is 2. The summed E-state index contributed by atoms with van der Waals surface area (Å²) in [5.74, 6) is -1.46. The summed E-state index contributed by atoms with van der Waals surface area (Å²) in [4.78, 5) is 5.81. The number of hydrogen-bond acceptors (Lipinski definition) is 2. The van der Waals surface area contributed by atoms with Crippen LogP contribution in [0.15, 0.2) is 12.5 Å². The highest BCUT2D eigenvalue weighted by Crippen LogP contribution is 2.28. The molecule has 6 heteroatoms. The lowest BCUT2D eigenvalue weighted by Crippen LogP contribution is -2.10. The number of halogens is 4. The predicted octanol–water partition coefficient (Wildman–Crippen LogP) is 1.63. The molecule has 0 atom stereocenters. The molecule has 0 unspecified atom stereocenters. The second-order valence-corrected chi connectivity index (χ2v) is 1.72. The zero-order chi connectivity index (χ0) is 8.48. The Morgan fingerprint density at radius 2 is 1.91 bits per heavy atom. The zero-order valence-electron chi connectivity index (χ0n) is 5.06. The van der Waals surface area contributed by atoms with Crippen LogP contribution in [0, 0.1) is 5.82 Å². The molecule has 11 heavy (non-hydrogen) atoms. The fourth-order valence-corrected chi connectivity index (χ4v) is 0.521. The van der Waals surface area contributed by atoms with Crippen LogP contribution in [0.2, 0.25) is 0 Å². The Labute approximate surface area is 58.9 Å². The molecule has 0 N–H and O–H groups in total. The van der Waals surface area contributed by atoms with E-state index in [1.54, 1.807) is 0 Å². The fourth-order valence-electron chi connectivity index (χ4n) is 0.521. The smallest absolute Gasteiger partial charge is 0.242 e. The lowest BCUT2D eigenvalue weighted by Gasteiger charge is -2.03. The molecule has 0 amide bonds. The van der Waals surface area contributed by atoms with Gasteiger partial charge in [0.15, 0.2) is 11.5 Å². The molecule has 1 aromatic rings. The highest BCUT2D eigenvalue weighted by atomic mass is 19.4. The molecular weight excluding hydrogens is 164 g/mol. The van der Waals surface area contributed by atoms with E-state index in [4.69, 9.17) is 0 Å². The van der Waals surface area contributed by atoms with Crippen molar-refractivity contribution in [1.82, 2.24) is 9.97 Å². The normalized spacial score (nSPS) is 11.6. The molecule has 60 valence electrons. The molecule has 2 nitrogen and oxygen atoms in total. The molecule has 0 aliphatic carbocycles. The molecule has 0 aromatic carbocycles. The van der Waals surface area contributed by atoms with Gasteiger partial charge in [0.2, 0.25) is 0 Å². The maximum absolute atomic E-state index is 12.2. The minimum atomic E-state index is -4.74. The van der Waals surface area contributed by atoms with Gasteiger partial charge in [0.1, 0.15) is 6.33 Å². The van der Waals surface area contributed by atoms with Crippen molar-refractivity contribution in [2.75, 3.05) is 0 Å². The van der Waals surface area contributed by atoms with Gasteiger partial charge in [-0.2, -0.15) is 13.2 Å². The summed E-state index contributed by atoms with van der Waals surface area (Å²) in [5, 5.41) is 0. The molecule has 0 radical (unpaired) electrons. The van der Waals surface area contributed by atoms with Crippen molar-refractivity contribution in [2.24, 2.45) is 0 Å². The van der Waals surface area contributed by atoms with Crippen LogP contribution in [0.4, 0.5) is 17.6 Å². The Balaban J connectivity index is 3.14. The molecule has 1 aromatic heterocycles. The van der Waals surface area contributed by atoms with E-state index in [0.717, 1.165) is 0 Å². The first-order chi connectivity index (χ1) is 5.02. The van der Waals surface area contributed by atoms with E-state index in [1.165, 1.54) is 0 Å². The second kappa shape index (κ2) is 2.44. The number of hydrogen-bond donors (Lipinski definition) is 0. The molecule has 0 saturated heterocycles. The fraction of sp³-hybridized carbons (Fsp3) is 0.200. The first-order valence-electron chi connectivity index (χ1n) is 2.54. The van der Waals surface area contributed by atoms with Crippen LogP contribution < -0.4 is 0 Å². The standard InChI is InChI=1S/C5H2F4N2/c6-3-1-10-2-11-4(3)5(7,8)9/h1-2H. The topological polar surface area (TPSA) is 25.8 Å². The summed E-state index contributed by atoms with van der Waals surface area (Å²) in [6, 6.07) is 0. The Bertz CT molecular complexity index is 257. The van der Waals surface area contributed by atoms with Gasteiger partial charge in [-0.05, 0) is 0 Å². The van der Waals surface area contributed by atoms with Crippen molar-refractivity contribution in [1.29, 1.82) is 0 Å². The third-order valence-corrected chi connectivity index (χ3v) is 0.936. The van der Waals surface area contributed by atoms with Gasteiger partial charge in [-0.3, -0.25) is 0 Å². The molecule has 0 aliphatic heterocycles. The van der Waals surface area contributed by atoms with E-state index < -0.39 is 17.7 Å². The highest BCUT2D eigenvalue weighted by Gasteiger charge is 2.35. The summed E-state index contributed by atoms with van der Waals surface area (Å²) >= 11 is 0. The minimum absolute atomic E-state index is 0.468. The van der Waals surface area contributed by atoms with E-state index in [2.05, 4.69) is 9.97 Å². The van der Waals surface area contributed by atoms with Crippen LogP contribution in [0.5, 0.6) is 0 Å². The molecule has 0 bridgehead atoms. The van der Waals surface area contributed by atoms with Crippen molar-refractivity contribution in [3.63, 3.8) is 0 Å². The first-order valence-corrected chi connectivity index (χ1v) is 2.54. The average Bonchev–Trinajstić information content (AvgIpc) is 1.86. The zero-order valence-corrected chi connectivity index (χ0v) is 5.06. The van der Waals surface area contributed by atoms with Crippen LogP contribution in [-0.4, -0.2) is 9.97 Å². The quantitative estimate of drug-likeness (QED) is 0.547. The largest absolute Gasteiger partial charge is 0.436 e. The van der Waals surface area contributed by atoms with Gasteiger partial charge in [0, 0.05) is 0 Å². The van der Waals surface area contributed by atoms with Gasteiger partial charge < -0.3 is 0 Å². The van der Waals surface area contributed by atoms with Crippen molar-refractivity contribution in [3.8, 4) is 0 Å². The van der Waals surface area contributed by atoms with Crippen LogP contribution in [-0.2, 0) is 6.18 Å². The van der Waals surface area contributed by atoms with E-state index in [1.807, 2.05) is 0 Å². The van der Waals surface area contributed by atoms with Crippen molar-refractivity contribution < 1.29 is 17.6 Å². The van der Waals surface area contributed by atoms with E-state index in [-0.39, 0.29) is 0 Å². The van der Waals surface area contributed by atoms with E-state index >= 15 is 0 Å². The molecular formula is C5H2F4N2. The highest BCUT2D eigenvalue weighted by molar-refractivity contribution is 5.05. The predicted molar refractivity (Wildman–Crippen MR) is 27.0 cm³/mol. The molecule has 0 aliphatic rings. The maximum atomic E-state index is 12.2. The molecule has 1 rings (SSSR count). The van der Waals surface area contributed by atoms with Crippen molar-refractivity contribution >= 4 is 0 Å². The Hall–Kier alpha value is -1.20. The Morgan fingerprint density at radius 3 is 2.27 bits per heavy atom. The van der Waals surface area contributed by atoms with Gasteiger partial charge in [0.05, 0.1) is 6.20 Å². The Morgan fingerprint density at radius 1 is 1.27 bits per heavy atom. The summed E-state index contributed by atoms with van der Waals surface area (Å²) in [6.07, 6.45) is -3.63. The van der Waals surface area contributed by atoms with E-state index in [9.17, 15) is 17.6 Å². The second-order valence-electron chi connectivity index (χ2n) is 1.72. The maximum Gasteiger partial charge on any atom is 0.436 e. The van der Waals surface area contributed by atoms with Crippen molar-refractivity contribution in [3.05, 3.63) is 24.0 Å². The van der Waals surface area contributed by atoms with Gasteiger partial charge >= 0.3 is 6.18 Å². The molecule has 0 spiro atoms. The third kappa shape index (κ3) is 1.63. The summed E-state index contributed by atoms with van der Waals surface area (Å²) < 4.78 is 47.4. The van der Waals surface area contributed by atoms with Gasteiger partial charge in [-0.25, -0.2) is 14.4 Å². The third-order valence-electron chi connectivity index (χ3n) is 0.936. The number of rotatable bonds is 0. The summed E-state index contributed by atoms with van der Waals surface area (Å²) in [5.41, 5.74) is -1.53. The van der Waals surface area contributed by atoms with Gasteiger partial charge in [-0.1, -0.05) is 0 Å².